The van der Waals surface area contributed by atoms with Crippen LogP contribution in [-0.4, -0.2) is 22.2 Å². The number of ether oxygens (including phenoxy) is 1. The highest BCUT2D eigenvalue weighted by Crippen LogP contribution is 2.38. The van der Waals surface area contributed by atoms with Crippen LogP contribution < -0.4 is 5.43 Å². The lowest BCUT2D eigenvalue weighted by atomic mass is 9.89. The van der Waals surface area contributed by atoms with Crippen molar-refractivity contribution in [1.29, 1.82) is 0 Å². The fourth-order valence-electron chi connectivity index (χ4n) is 3.49. The second kappa shape index (κ2) is 6.75. The highest BCUT2D eigenvalue weighted by molar-refractivity contribution is 5.89. The van der Waals surface area contributed by atoms with Crippen molar-refractivity contribution >= 4 is 5.97 Å². The van der Waals surface area contributed by atoms with Gasteiger partial charge in [-0.15, -0.1) is 0 Å². The number of phenols is 1. The first-order valence-corrected chi connectivity index (χ1v) is 8.78. The van der Waals surface area contributed by atoms with Crippen LogP contribution >= 0.6 is 0 Å². The zero-order valence-corrected chi connectivity index (χ0v) is 14.8. The lowest BCUT2D eigenvalue weighted by Gasteiger charge is -2.30. The number of pyridine rings is 1. The van der Waals surface area contributed by atoms with Gasteiger partial charge in [-0.25, -0.2) is 4.79 Å². The molecule has 1 atom stereocenters. The Morgan fingerprint density at radius 3 is 2.68 bits per heavy atom. The molecule has 0 aliphatic carbocycles. The van der Waals surface area contributed by atoms with Crippen molar-refractivity contribution < 1.29 is 14.6 Å². The monoisotopic (exact) mass is 341 g/mol. The quantitative estimate of drug-likeness (QED) is 0.865. The number of rotatable bonds is 4. The third kappa shape index (κ3) is 2.95. The average Bonchev–Trinajstić information content (AvgIpc) is 2.60. The normalized spacial score (nSPS) is 15.4. The molecule has 1 aliphatic heterocycles. The Kier molecular flexibility index (Phi) is 4.66. The molecule has 0 amide bonds. The maximum Gasteiger partial charge on any atom is 0.343 e. The van der Waals surface area contributed by atoms with Gasteiger partial charge >= 0.3 is 5.97 Å². The van der Waals surface area contributed by atoms with Gasteiger partial charge in [-0.2, -0.15) is 0 Å². The van der Waals surface area contributed by atoms with E-state index in [4.69, 9.17) is 4.74 Å². The summed E-state index contributed by atoms with van der Waals surface area (Å²) in [5, 5.41) is 10.2. The van der Waals surface area contributed by atoms with Gasteiger partial charge in [0, 0.05) is 23.9 Å². The van der Waals surface area contributed by atoms with E-state index in [-0.39, 0.29) is 23.6 Å². The van der Waals surface area contributed by atoms with E-state index in [9.17, 15) is 14.7 Å². The highest BCUT2D eigenvalue weighted by Gasteiger charge is 2.26. The summed E-state index contributed by atoms with van der Waals surface area (Å²) >= 11 is 0. The maximum absolute atomic E-state index is 12.5. The van der Waals surface area contributed by atoms with Gasteiger partial charge in [0.05, 0.1) is 12.3 Å². The Morgan fingerprint density at radius 2 is 2.04 bits per heavy atom. The molecule has 1 aliphatic rings. The molecule has 1 N–H and O–H groups in total. The number of hydrogen-bond acceptors (Lipinski definition) is 4. The molecule has 0 fully saturated rings. The van der Waals surface area contributed by atoms with Gasteiger partial charge in [0.15, 0.2) is 5.43 Å². The van der Waals surface area contributed by atoms with Gasteiger partial charge < -0.3 is 14.4 Å². The molecule has 2 aromatic rings. The molecule has 132 valence electrons. The zero-order chi connectivity index (χ0) is 18.1. The van der Waals surface area contributed by atoms with E-state index in [0.29, 0.717) is 12.2 Å². The van der Waals surface area contributed by atoms with E-state index >= 15 is 0 Å². The zero-order valence-electron chi connectivity index (χ0n) is 14.8. The predicted octanol–water partition coefficient (Wildman–Crippen LogP) is 3.47. The summed E-state index contributed by atoms with van der Waals surface area (Å²) in [4.78, 5) is 24.5. The molecule has 1 aromatic heterocycles. The second-order valence-corrected chi connectivity index (χ2v) is 6.32. The van der Waals surface area contributed by atoms with Crippen molar-refractivity contribution in [3.8, 4) is 17.0 Å². The van der Waals surface area contributed by atoms with Crippen LogP contribution in [0.5, 0.6) is 5.75 Å². The number of aromatic hydroxyl groups is 1. The van der Waals surface area contributed by atoms with Gasteiger partial charge in [-0.1, -0.05) is 13.8 Å². The van der Waals surface area contributed by atoms with Crippen LogP contribution in [0.3, 0.4) is 0 Å². The number of benzene rings is 1. The SMILES string of the molecule is CCOC(=O)c1cn2c(cc1=O)-c1cc(CC)c(O)cc1CC2CC. The first-order chi connectivity index (χ1) is 12.0. The summed E-state index contributed by atoms with van der Waals surface area (Å²) in [5.41, 5.74) is 3.36. The number of aromatic nitrogens is 1. The standard InChI is InChI=1S/C20H23NO4/c1-4-12-8-15-13(9-18(12)22)7-14(5-2)21-11-16(20(24)25-6-3)19(23)10-17(15)21/h8-11,14,22H,4-7H2,1-3H3. The first kappa shape index (κ1) is 17.3. The maximum atomic E-state index is 12.5. The van der Waals surface area contributed by atoms with Gasteiger partial charge in [-0.3, -0.25) is 4.79 Å². The van der Waals surface area contributed by atoms with Crippen LogP contribution in [0.2, 0.25) is 0 Å². The van der Waals surface area contributed by atoms with Crippen molar-refractivity contribution in [2.75, 3.05) is 6.61 Å². The number of nitrogens with zero attached hydrogens (tertiary/aromatic N) is 1. The van der Waals surface area contributed by atoms with Gasteiger partial charge in [0.25, 0.3) is 0 Å². The third-order valence-corrected chi connectivity index (χ3v) is 4.86. The molecule has 25 heavy (non-hydrogen) atoms. The van der Waals surface area contributed by atoms with Gasteiger partial charge in [0.2, 0.25) is 0 Å². The molecule has 0 bridgehead atoms. The summed E-state index contributed by atoms with van der Waals surface area (Å²) in [6.07, 6.45) is 3.95. The van der Waals surface area contributed by atoms with Crippen LogP contribution in [-0.2, 0) is 17.6 Å². The molecule has 5 heteroatoms. The Labute approximate surface area is 146 Å². The highest BCUT2D eigenvalue weighted by atomic mass is 16.5. The number of hydrogen-bond donors (Lipinski definition) is 1. The number of carbonyl (C=O) groups is 1. The first-order valence-electron chi connectivity index (χ1n) is 8.78. The molecule has 0 radical (unpaired) electrons. The Balaban J connectivity index is 2.22. The summed E-state index contributed by atoms with van der Waals surface area (Å²) in [7, 11) is 0. The van der Waals surface area contributed by atoms with E-state index in [1.54, 1.807) is 13.1 Å². The molecular weight excluding hydrogens is 318 g/mol. The topological polar surface area (TPSA) is 68.5 Å². The summed E-state index contributed by atoms with van der Waals surface area (Å²) < 4.78 is 7.01. The molecule has 3 rings (SSSR count). The largest absolute Gasteiger partial charge is 0.508 e. The Morgan fingerprint density at radius 1 is 1.28 bits per heavy atom. The minimum Gasteiger partial charge on any atom is -0.508 e. The molecule has 1 unspecified atom stereocenters. The summed E-state index contributed by atoms with van der Waals surface area (Å²) in [6.45, 7) is 6.01. The van der Waals surface area contributed by atoms with Crippen molar-refractivity contribution in [2.24, 2.45) is 0 Å². The lowest BCUT2D eigenvalue weighted by molar-refractivity contribution is 0.0523. The summed E-state index contributed by atoms with van der Waals surface area (Å²) in [5.74, 6) is -0.279. The summed E-state index contributed by atoms with van der Waals surface area (Å²) in [6, 6.07) is 5.41. The fraction of sp³-hybridized carbons (Fsp3) is 0.400. The average molecular weight is 341 g/mol. The third-order valence-electron chi connectivity index (χ3n) is 4.86. The Bertz CT molecular complexity index is 882. The van der Waals surface area contributed by atoms with Crippen molar-refractivity contribution in [2.45, 2.75) is 46.1 Å². The second-order valence-electron chi connectivity index (χ2n) is 6.32. The molecule has 0 saturated heterocycles. The number of fused-ring (bicyclic) bond motifs is 3. The molecule has 1 aromatic carbocycles. The van der Waals surface area contributed by atoms with Gasteiger partial charge in [0.1, 0.15) is 11.3 Å². The number of esters is 1. The minimum atomic E-state index is -0.580. The lowest BCUT2D eigenvalue weighted by Crippen LogP contribution is -2.26. The number of aryl methyl sites for hydroxylation is 1. The van der Waals surface area contributed by atoms with Crippen LogP contribution in [0.4, 0.5) is 0 Å². The van der Waals surface area contributed by atoms with Crippen molar-refractivity contribution in [1.82, 2.24) is 4.57 Å². The fourth-order valence-corrected chi connectivity index (χ4v) is 3.49. The smallest absolute Gasteiger partial charge is 0.343 e. The molecule has 0 spiro atoms. The Hall–Kier alpha value is -2.56. The van der Waals surface area contributed by atoms with Gasteiger partial charge in [-0.05, 0) is 49.4 Å². The number of carbonyl (C=O) groups excluding carboxylic acids is 1. The van der Waals surface area contributed by atoms with E-state index in [0.717, 1.165) is 35.2 Å². The van der Waals surface area contributed by atoms with Crippen LogP contribution in [0.15, 0.2) is 29.2 Å². The molecule has 5 nitrogen and oxygen atoms in total. The van der Waals surface area contributed by atoms with Crippen molar-refractivity contribution in [3.05, 3.63) is 51.3 Å². The van der Waals surface area contributed by atoms with E-state index in [1.807, 2.05) is 23.6 Å². The minimum absolute atomic E-state index is 0.0713. The van der Waals surface area contributed by atoms with E-state index < -0.39 is 5.97 Å². The van der Waals surface area contributed by atoms with Crippen molar-refractivity contribution in [3.63, 3.8) is 0 Å². The van der Waals surface area contributed by atoms with Crippen LogP contribution in [0.25, 0.3) is 11.3 Å². The van der Waals surface area contributed by atoms with E-state index in [1.165, 1.54) is 6.07 Å². The van der Waals surface area contributed by atoms with Crippen LogP contribution in [0.1, 0.15) is 54.7 Å². The predicted molar refractivity (Wildman–Crippen MR) is 96.2 cm³/mol. The van der Waals surface area contributed by atoms with E-state index in [2.05, 4.69) is 6.92 Å². The number of phenolic OH excluding ortho intramolecular Hbond substituents is 1. The molecule has 0 saturated carbocycles. The molecule has 2 heterocycles. The molecular formula is C20H23NO4. The van der Waals surface area contributed by atoms with Crippen LogP contribution in [0, 0.1) is 0 Å².